The Balaban J connectivity index is 2.22. The normalized spacial score (nSPS) is 33.7. The summed E-state index contributed by atoms with van der Waals surface area (Å²) in [6.07, 6.45) is -6.80. The molecule has 1 fully saturated rings. The van der Waals surface area contributed by atoms with Crippen LogP contribution < -0.4 is 17.0 Å². The predicted molar refractivity (Wildman–Crippen MR) is 81.0 cm³/mol. The van der Waals surface area contributed by atoms with Crippen LogP contribution in [0.4, 0.5) is 0 Å². The lowest BCUT2D eigenvalue weighted by Crippen LogP contribution is -2.70. The molecule has 10 nitrogen and oxygen atoms in total. The second-order valence-corrected chi connectivity index (χ2v) is 5.68. The Morgan fingerprint density at radius 1 is 1.29 bits per heavy atom. The first kappa shape index (κ1) is 16.8. The van der Waals surface area contributed by atoms with E-state index in [-0.39, 0.29) is 10.9 Å². The van der Waals surface area contributed by atoms with Gasteiger partial charge in [-0.2, -0.15) is 0 Å². The maximum Gasteiger partial charge on any atom is 0.331 e. The minimum atomic E-state index is -2.63. The van der Waals surface area contributed by atoms with Gasteiger partial charge < -0.3 is 30.1 Å². The molecule has 1 unspecified atom stereocenters. The van der Waals surface area contributed by atoms with Crippen LogP contribution in [0.5, 0.6) is 0 Å². The molecule has 0 amide bonds. The molecule has 0 aliphatic carbocycles. The SMILES string of the molecule is N[C@]1(O)C(n2c(=O)[nH]c3ccccc3c2=O)O[C@H](CO)[C@@H](O)[C@@H]1O. The highest BCUT2D eigenvalue weighted by Gasteiger charge is 2.54. The fraction of sp³-hybridized carbons (Fsp3) is 0.429. The van der Waals surface area contributed by atoms with Gasteiger partial charge in [-0.1, -0.05) is 12.1 Å². The highest BCUT2D eigenvalue weighted by Crippen LogP contribution is 2.31. The lowest BCUT2D eigenvalue weighted by Gasteiger charge is -2.45. The van der Waals surface area contributed by atoms with E-state index in [1.807, 2.05) is 0 Å². The molecule has 10 heteroatoms. The molecule has 1 saturated heterocycles. The van der Waals surface area contributed by atoms with Gasteiger partial charge in [0, 0.05) is 0 Å². The highest BCUT2D eigenvalue weighted by molar-refractivity contribution is 5.76. The second kappa shape index (κ2) is 5.77. The van der Waals surface area contributed by atoms with Gasteiger partial charge in [0.15, 0.2) is 12.0 Å². The fourth-order valence-electron chi connectivity index (χ4n) is 2.79. The van der Waals surface area contributed by atoms with Gasteiger partial charge in [0.2, 0.25) is 0 Å². The zero-order valence-electron chi connectivity index (χ0n) is 12.4. The molecule has 0 spiro atoms. The zero-order valence-corrected chi connectivity index (χ0v) is 12.4. The van der Waals surface area contributed by atoms with E-state index in [0.717, 1.165) is 0 Å². The fourth-order valence-corrected chi connectivity index (χ4v) is 2.79. The van der Waals surface area contributed by atoms with Crippen molar-refractivity contribution < 1.29 is 25.2 Å². The monoisotopic (exact) mass is 339 g/mol. The van der Waals surface area contributed by atoms with Crippen molar-refractivity contribution in [3.63, 3.8) is 0 Å². The summed E-state index contributed by atoms with van der Waals surface area (Å²) in [5, 5.41) is 39.5. The molecule has 1 aromatic heterocycles. The van der Waals surface area contributed by atoms with Crippen molar-refractivity contribution in [2.75, 3.05) is 6.61 Å². The molecule has 2 heterocycles. The molecule has 0 saturated carbocycles. The van der Waals surface area contributed by atoms with Crippen molar-refractivity contribution in [2.45, 2.75) is 30.3 Å². The standard InChI is InChI=1S/C14H17N3O7/c15-14(23)10(20)9(19)8(5-18)24-12(14)17-11(21)6-3-1-2-4-7(6)16-13(17)22/h1-4,8-10,12,18-20,23H,5,15H2,(H,16,22)/t8-,9-,10+,12?,14-/m1/s1. The Morgan fingerprint density at radius 3 is 2.62 bits per heavy atom. The molecule has 0 bridgehead atoms. The van der Waals surface area contributed by atoms with Gasteiger partial charge >= 0.3 is 5.69 Å². The van der Waals surface area contributed by atoms with E-state index >= 15 is 0 Å². The number of ether oxygens (including phenoxy) is 1. The summed E-state index contributed by atoms with van der Waals surface area (Å²) in [4.78, 5) is 27.3. The van der Waals surface area contributed by atoms with Crippen LogP contribution in [0.15, 0.2) is 33.9 Å². The summed E-state index contributed by atoms with van der Waals surface area (Å²) in [7, 11) is 0. The maximum atomic E-state index is 12.6. The third-order valence-corrected chi connectivity index (χ3v) is 4.13. The van der Waals surface area contributed by atoms with Crippen molar-refractivity contribution >= 4 is 10.9 Å². The number of para-hydroxylation sites is 1. The molecular weight excluding hydrogens is 322 g/mol. The van der Waals surface area contributed by atoms with Gasteiger partial charge in [-0.25, -0.2) is 9.36 Å². The molecule has 24 heavy (non-hydrogen) atoms. The van der Waals surface area contributed by atoms with E-state index in [4.69, 9.17) is 10.5 Å². The van der Waals surface area contributed by atoms with Crippen LogP contribution in [0.3, 0.4) is 0 Å². The minimum Gasteiger partial charge on any atom is -0.394 e. The number of hydrogen-bond acceptors (Lipinski definition) is 8. The van der Waals surface area contributed by atoms with E-state index in [1.54, 1.807) is 12.1 Å². The second-order valence-electron chi connectivity index (χ2n) is 5.68. The van der Waals surface area contributed by atoms with Crippen LogP contribution in [0.2, 0.25) is 0 Å². The number of nitrogens with two attached hydrogens (primary N) is 1. The number of hydrogen-bond donors (Lipinski definition) is 6. The van der Waals surface area contributed by atoms with Gasteiger partial charge in [-0.05, 0) is 12.1 Å². The summed E-state index contributed by atoms with van der Waals surface area (Å²) in [6, 6.07) is 6.18. The summed E-state index contributed by atoms with van der Waals surface area (Å²) in [6.45, 7) is -0.717. The summed E-state index contributed by atoms with van der Waals surface area (Å²) in [5.41, 5.74) is 1.53. The van der Waals surface area contributed by atoms with E-state index in [0.29, 0.717) is 4.57 Å². The van der Waals surface area contributed by atoms with Crippen LogP contribution in [0.1, 0.15) is 6.23 Å². The number of aromatic nitrogens is 2. The molecule has 1 aliphatic rings. The minimum absolute atomic E-state index is 0.137. The topological polar surface area (TPSA) is 171 Å². The average molecular weight is 339 g/mol. The average Bonchev–Trinajstić information content (AvgIpc) is 2.55. The number of aliphatic hydroxyl groups is 4. The van der Waals surface area contributed by atoms with Crippen molar-refractivity contribution in [1.29, 1.82) is 0 Å². The van der Waals surface area contributed by atoms with Gasteiger partial charge in [0.1, 0.15) is 18.3 Å². The Bertz CT molecular complexity index is 875. The molecule has 3 rings (SSSR count). The number of benzene rings is 1. The first-order valence-corrected chi connectivity index (χ1v) is 7.16. The van der Waals surface area contributed by atoms with Gasteiger partial charge in [0.05, 0.1) is 17.5 Å². The van der Waals surface area contributed by atoms with Gasteiger partial charge in [-0.3, -0.25) is 10.5 Å². The Labute approximate surface area is 134 Å². The third kappa shape index (κ3) is 2.36. The summed E-state index contributed by atoms with van der Waals surface area (Å²) < 4.78 is 5.75. The van der Waals surface area contributed by atoms with Crippen LogP contribution >= 0.6 is 0 Å². The van der Waals surface area contributed by atoms with Crippen LogP contribution in [-0.2, 0) is 4.74 Å². The molecule has 130 valence electrons. The van der Waals surface area contributed by atoms with Crippen molar-refractivity contribution in [2.24, 2.45) is 5.73 Å². The molecule has 5 atom stereocenters. The van der Waals surface area contributed by atoms with E-state index < -0.39 is 48.1 Å². The number of nitrogens with one attached hydrogen (secondary N) is 1. The van der Waals surface area contributed by atoms with Crippen LogP contribution in [0, 0.1) is 0 Å². The number of aliphatic hydroxyl groups excluding tert-OH is 3. The first-order chi connectivity index (χ1) is 11.3. The first-order valence-electron chi connectivity index (χ1n) is 7.16. The number of rotatable bonds is 2. The quantitative estimate of drug-likeness (QED) is 0.313. The van der Waals surface area contributed by atoms with E-state index in [2.05, 4.69) is 4.98 Å². The Kier molecular flexibility index (Phi) is 4.03. The highest BCUT2D eigenvalue weighted by atomic mass is 16.6. The van der Waals surface area contributed by atoms with Gasteiger partial charge in [0.25, 0.3) is 5.56 Å². The predicted octanol–water partition coefficient (Wildman–Crippen LogP) is -3.05. The molecule has 7 N–H and O–H groups in total. The van der Waals surface area contributed by atoms with E-state index in [1.165, 1.54) is 12.1 Å². The van der Waals surface area contributed by atoms with Crippen LogP contribution in [0.25, 0.3) is 10.9 Å². The smallest absolute Gasteiger partial charge is 0.331 e. The number of nitrogens with zero attached hydrogens (tertiary/aromatic N) is 1. The van der Waals surface area contributed by atoms with Crippen molar-refractivity contribution in [3.8, 4) is 0 Å². The third-order valence-electron chi connectivity index (χ3n) is 4.13. The number of aromatic amines is 1. The number of H-pyrrole nitrogens is 1. The zero-order chi connectivity index (χ0) is 17.6. The van der Waals surface area contributed by atoms with Crippen LogP contribution in [-0.4, -0.2) is 60.6 Å². The molecule has 0 radical (unpaired) electrons. The Morgan fingerprint density at radius 2 is 1.96 bits per heavy atom. The summed E-state index contributed by atoms with van der Waals surface area (Å²) >= 11 is 0. The number of fused-ring (bicyclic) bond motifs is 1. The maximum absolute atomic E-state index is 12.6. The van der Waals surface area contributed by atoms with E-state index in [9.17, 15) is 30.0 Å². The summed E-state index contributed by atoms with van der Waals surface area (Å²) in [5.74, 6) is 0. The Hall–Kier alpha value is -2.08. The molecule has 1 aromatic carbocycles. The molecular formula is C14H17N3O7. The largest absolute Gasteiger partial charge is 0.394 e. The van der Waals surface area contributed by atoms with Gasteiger partial charge in [-0.15, -0.1) is 0 Å². The lowest BCUT2D eigenvalue weighted by molar-refractivity contribution is -0.296. The van der Waals surface area contributed by atoms with Crippen molar-refractivity contribution in [3.05, 3.63) is 45.1 Å². The molecule has 1 aliphatic heterocycles. The molecule has 2 aromatic rings. The van der Waals surface area contributed by atoms with Crippen molar-refractivity contribution in [1.82, 2.24) is 9.55 Å². The lowest BCUT2D eigenvalue weighted by atomic mass is 9.93.